The van der Waals surface area contributed by atoms with Crippen molar-refractivity contribution in [2.75, 3.05) is 13.7 Å². The van der Waals surface area contributed by atoms with Gasteiger partial charge in [-0.3, -0.25) is 4.79 Å². The molecule has 11 heteroatoms. The van der Waals surface area contributed by atoms with Gasteiger partial charge in [0.15, 0.2) is 18.1 Å². The van der Waals surface area contributed by atoms with E-state index in [2.05, 4.69) is 57.9 Å². The predicted octanol–water partition coefficient (Wildman–Crippen LogP) is 5.47. The highest BCUT2D eigenvalue weighted by Crippen LogP contribution is 2.42. The number of hydrogen-bond donors (Lipinski definition) is 0. The van der Waals surface area contributed by atoms with Crippen LogP contribution in [0.15, 0.2) is 47.6 Å². The number of hydrogen-bond acceptors (Lipinski definition) is 7. The Balaban J connectivity index is 2.00. The Hall–Kier alpha value is -2.24. The van der Waals surface area contributed by atoms with Gasteiger partial charge in [-0.25, -0.2) is 9.78 Å². The molecule has 0 N–H and O–H groups in total. The third-order valence-electron chi connectivity index (χ3n) is 4.58. The molecule has 0 aliphatic carbocycles. The van der Waals surface area contributed by atoms with E-state index in [9.17, 15) is 9.59 Å². The van der Waals surface area contributed by atoms with Gasteiger partial charge in [-0.1, -0.05) is 22.9 Å². The van der Waals surface area contributed by atoms with E-state index < -0.39 is 5.97 Å². The minimum atomic E-state index is -0.493. The number of fused-ring (bicyclic) bond motifs is 1. The maximum Gasteiger partial charge on any atom is 0.344 e. The number of methoxy groups -OCH3 is 1. The molecule has 1 heterocycles. The molecule has 0 bridgehead atoms. The topological polar surface area (TPSA) is 92.0 Å². The molecule has 34 heavy (non-hydrogen) atoms. The Kier molecular flexibility index (Phi) is 8.89. The zero-order valence-corrected chi connectivity index (χ0v) is 23.7. The van der Waals surface area contributed by atoms with Crippen molar-refractivity contribution in [3.63, 3.8) is 0 Å². The molecule has 8 nitrogen and oxygen atoms in total. The van der Waals surface area contributed by atoms with Gasteiger partial charge < -0.3 is 14.2 Å². The Labute approximate surface area is 221 Å². The number of carbonyl (C=O) groups is 1. The lowest BCUT2D eigenvalue weighted by molar-refractivity contribution is -0.149. The van der Waals surface area contributed by atoms with Crippen molar-refractivity contribution < 1.29 is 19.0 Å². The number of aryl methyl sites for hydroxylation is 1. The van der Waals surface area contributed by atoms with E-state index in [4.69, 9.17) is 14.2 Å². The summed E-state index contributed by atoms with van der Waals surface area (Å²) < 4.78 is 19.4. The maximum atomic E-state index is 13.1. The fourth-order valence-electron chi connectivity index (χ4n) is 3.08. The minimum absolute atomic E-state index is 0.242. The van der Waals surface area contributed by atoms with E-state index >= 15 is 0 Å². The zero-order valence-electron chi connectivity index (χ0n) is 18.9. The second-order valence-electron chi connectivity index (χ2n) is 7.36. The maximum absolute atomic E-state index is 13.1. The molecule has 180 valence electrons. The zero-order chi connectivity index (χ0) is 25.0. The van der Waals surface area contributed by atoms with Crippen LogP contribution in [0.2, 0.25) is 0 Å². The van der Waals surface area contributed by atoms with Crippen LogP contribution in [0.1, 0.15) is 32.2 Å². The first-order valence-electron chi connectivity index (χ1n) is 10.3. The Morgan fingerprint density at radius 3 is 2.59 bits per heavy atom. The van der Waals surface area contributed by atoms with Gasteiger partial charge in [0.05, 0.1) is 34.8 Å². The first kappa shape index (κ1) is 26.4. The highest BCUT2D eigenvalue weighted by Gasteiger charge is 2.19. The smallest absolute Gasteiger partial charge is 0.344 e. The van der Waals surface area contributed by atoms with Crippen LogP contribution in [0, 0.1) is 0 Å². The van der Waals surface area contributed by atoms with Crippen LogP contribution >= 0.6 is 47.8 Å². The van der Waals surface area contributed by atoms with Gasteiger partial charge in [0.1, 0.15) is 5.82 Å². The second-order valence-corrected chi connectivity index (χ2v) is 9.86. The van der Waals surface area contributed by atoms with Gasteiger partial charge in [-0.15, -0.1) is 0 Å². The molecule has 2 aromatic carbocycles. The number of nitrogens with zero attached hydrogens (tertiary/aromatic N) is 3. The van der Waals surface area contributed by atoms with E-state index in [1.807, 2.05) is 13.0 Å². The highest BCUT2D eigenvalue weighted by atomic mass is 79.9. The van der Waals surface area contributed by atoms with Gasteiger partial charge >= 0.3 is 5.97 Å². The van der Waals surface area contributed by atoms with E-state index in [-0.39, 0.29) is 18.3 Å². The lowest BCUT2D eigenvalue weighted by atomic mass is 10.2. The molecule has 0 amide bonds. The van der Waals surface area contributed by atoms with Crippen LogP contribution in [0.3, 0.4) is 0 Å². The summed E-state index contributed by atoms with van der Waals surface area (Å²) in [6.07, 6.45) is 1.81. The van der Waals surface area contributed by atoms with Gasteiger partial charge in [0.25, 0.3) is 5.56 Å². The summed E-state index contributed by atoms with van der Waals surface area (Å²) in [5.74, 6) is 0.739. The number of carbonyl (C=O) groups excluding carboxylic acids is 1. The summed E-state index contributed by atoms with van der Waals surface area (Å²) in [6, 6.07) is 7.04. The minimum Gasteiger partial charge on any atom is -0.493 e. The number of aromatic nitrogens is 2. The molecule has 0 aliphatic rings. The average molecular weight is 660 g/mol. The lowest BCUT2D eigenvalue weighted by Gasteiger charge is -2.15. The van der Waals surface area contributed by atoms with Crippen molar-refractivity contribution in [3.8, 4) is 11.5 Å². The largest absolute Gasteiger partial charge is 0.493 e. The third kappa shape index (κ3) is 5.87. The number of halogens is 3. The van der Waals surface area contributed by atoms with Crippen molar-refractivity contribution in [2.24, 2.45) is 5.10 Å². The van der Waals surface area contributed by atoms with Gasteiger partial charge in [-0.2, -0.15) is 9.78 Å². The summed E-state index contributed by atoms with van der Waals surface area (Å²) in [5, 5.41) is 4.88. The summed E-state index contributed by atoms with van der Waals surface area (Å²) in [5.41, 5.74) is 0.953. The molecule has 0 atom stereocenters. The summed E-state index contributed by atoms with van der Waals surface area (Å²) in [6.45, 7) is 5.15. The molecule has 3 aromatic rings. The van der Waals surface area contributed by atoms with Crippen LogP contribution in [0.5, 0.6) is 11.5 Å². The number of esters is 1. The lowest BCUT2D eigenvalue weighted by Crippen LogP contribution is -2.22. The molecule has 0 fully saturated rings. The predicted molar refractivity (Wildman–Crippen MR) is 141 cm³/mol. The Morgan fingerprint density at radius 2 is 1.94 bits per heavy atom. The van der Waals surface area contributed by atoms with Crippen LogP contribution < -0.4 is 15.0 Å². The van der Waals surface area contributed by atoms with E-state index in [0.717, 1.165) is 4.47 Å². The quantitative estimate of drug-likeness (QED) is 0.235. The van der Waals surface area contributed by atoms with Crippen LogP contribution in [-0.4, -0.2) is 41.7 Å². The van der Waals surface area contributed by atoms with Crippen molar-refractivity contribution >= 4 is 70.9 Å². The second kappa shape index (κ2) is 11.5. The Bertz CT molecular complexity index is 1320. The monoisotopic (exact) mass is 657 g/mol. The first-order chi connectivity index (χ1) is 16.2. The van der Waals surface area contributed by atoms with Crippen molar-refractivity contribution in [2.45, 2.75) is 33.3 Å². The molecular weight excluding hydrogens is 638 g/mol. The fraction of sp³-hybridized carbons (Fsp3) is 0.304. The third-order valence-corrected chi connectivity index (χ3v) is 7.22. The van der Waals surface area contributed by atoms with Crippen molar-refractivity contribution in [3.05, 3.63) is 59.4 Å². The average Bonchev–Trinajstić information content (AvgIpc) is 2.79. The standard InChI is InChI=1S/C23H22Br3N3O5/c1-5-18-28-16-7-6-14(24)9-15(16)23(31)29(18)27-10-13-8-17(32-4)22(21(26)20(13)25)33-11-19(30)34-12(2)3/h6-10,12H,5,11H2,1-4H3. The van der Waals surface area contributed by atoms with Gasteiger partial charge in [0, 0.05) is 20.9 Å². The van der Waals surface area contributed by atoms with E-state index in [1.165, 1.54) is 18.0 Å². The van der Waals surface area contributed by atoms with Gasteiger partial charge in [0.2, 0.25) is 0 Å². The van der Waals surface area contributed by atoms with Crippen molar-refractivity contribution in [1.29, 1.82) is 0 Å². The summed E-state index contributed by atoms with van der Waals surface area (Å²) in [4.78, 5) is 29.6. The SMILES string of the molecule is CCc1nc2ccc(Br)cc2c(=O)n1N=Cc1cc(OC)c(OCC(=O)OC(C)C)c(Br)c1Br. The van der Waals surface area contributed by atoms with Crippen LogP contribution in [0.4, 0.5) is 0 Å². The Morgan fingerprint density at radius 1 is 1.21 bits per heavy atom. The van der Waals surface area contributed by atoms with Crippen LogP contribution in [0.25, 0.3) is 10.9 Å². The first-order valence-corrected chi connectivity index (χ1v) is 12.7. The molecular formula is C23H22Br3N3O5. The van der Waals surface area contributed by atoms with E-state index in [0.29, 0.717) is 49.2 Å². The van der Waals surface area contributed by atoms with Crippen molar-refractivity contribution in [1.82, 2.24) is 9.66 Å². The molecule has 0 radical (unpaired) electrons. The molecule has 0 aliphatic heterocycles. The number of ether oxygens (including phenoxy) is 3. The fourth-order valence-corrected chi connectivity index (χ4v) is 4.37. The van der Waals surface area contributed by atoms with Crippen LogP contribution in [-0.2, 0) is 16.0 Å². The normalized spacial score (nSPS) is 11.4. The summed E-state index contributed by atoms with van der Waals surface area (Å²) in [7, 11) is 1.49. The molecule has 0 spiro atoms. The molecule has 0 saturated heterocycles. The number of benzene rings is 2. The molecule has 1 aromatic heterocycles. The molecule has 0 saturated carbocycles. The molecule has 0 unspecified atom stereocenters. The molecule has 3 rings (SSSR count). The van der Waals surface area contributed by atoms with E-state index in [1.54, 1.807) is 32.0 Å². The number of rotatable bonds is 8. The van der Waals surface area contributed by atoms with Gasteiger partial charge in [-0.05, 0) is 70.0 Å². The highest BCUT2D eigenvalue weighted by molar-refractivity contribution is 9.13. The summed E-state index contributed by atoms with van der Waals surface area (Å²) >= 11 is 10.4.